The summed E-state index contributed by atoms with van der Waals surface area (Å²) in [6, 6.07) is 41.4. The number of piperidine rings is 3. The largest absolute Gasteiger partial charge is 0.437 e. The van der Waals surface area contributed by atoms with Gasteiger partial charge in [0.25, 0.3) is 5.69 Å². The number of non-ortho nitro benzene ring substituents is 1. The van der Waals surface area contributed by atoms with E-state index in [4.69, 9.17) is 49.8 Å². The lowest BCUT2D eigenvalue weighted by molar-refractivity contribution is -0.384. The summed E-state index contributed by atoms with van der Waals surface area (Å²) in [5.41, 5.74) is 21.6. The zero-order valence-electron chi connectivity index (χ0n) is 65.7. The van der Waals surface area contributed by atoms with Gasteiger partial charge in [0.2, 0.25) is 35.5 Å². The number of hydrogen-bond donors (Lipinski definition) is 4. The Morgan fingerprint density at radius 2 is 0.746 bits per heavy atom. The van der Waals surface area contributed by atoms with Crippen molar-refractivity contribution in [2.75, 3.05) is 84.5 Å². The smallest absolute Gasteiger partial charge is 0.269 e. The molecule has 0 atom stereocenters. The molecule has 3 aromatic heterocycles. The molecule has 0 radical (unpaired) electrons. The maximum atomic E-state index is 11.5. The highest BCUT2D eigenvalue weighted by atomic mass is 32.2. The van der Waals surface area contributed by atoms with Gasteiger partial charge in [0.1, 0.15) is 17.2 Å². The zero-order chi connectivity index (χ0) is 80.0. The minimum Gasteiger partial charge on any atom is -0.437 e. The molecule has 6 aromatic carbocycles. The number of nitro groups is 1. The van der Waals surface area contributed by atoms with E-state index >= 15 is 0 Å². The van der Waals surface area contributed by atoms with Crippen LogP contribution in [0.15, 0.2) is 124 Å². The number of nitrogens with one attached hydrogen (secondary N) is 3. The van der Waals surface area contributed by atoms with Crippen LogP contribution in [0.4, 0.5) is 29.2 Å². The van der Waals surface area contributed by atoms with Crippen LogP contribution in [0.25, 0.3) is 0 Å². The Morgan fingerprint density at radius 1 is 0.465 bits per heavy atom. The Kier molecular flexibility index (Phi) is 27.2. The molecule has 9 aromatic rings. The molecule has 0 spiro atoms. The van der Waals surface area contributed by atoms with Gasteiger partial charge in [0, 0.05) is 101 Å². The Hall–Kier alpha value is -10.1. The summed E-state index contributed by atoms with van der Waals surface area (Å²) in [5.74, 6) is 9.03. The molecule has 0 bridgehead atoms. The number of ether oxygens (including phenoxy) is 3. The van der Waals surface area contributed by atoms with E-state index in [1.807, 2.05) is 126 Å². The topological polar surface area (TPSA) is 326 Å². The van der Waals surface area contributed by atoms with E-state index < -0.39 is 9.84 Å². The lowest BCUT2D eigenvalue weighted by Crippen LogP contribution is -2.39. The molecule has 15 rings (SSSR count). The highest BCUT2D eigenvalue weighted by molar-refractivity contribution is 8.00. The van der Waals surface area contributed by atoms with Crippen molar-refractivity contribution in [3.63, 3.8) is 0 Å². The Bertz CT molecular complexity index is 5140. The van der Waals surface area contributed by atoms with Crippen LogP contribution in [0.1, 0.15) is 147 Å². The number of nitriles is 3. The second-order valence-corrected chi connectivity index (χ2v) is 35.8. The zero-order valence-corrected chi connectivity index (χ0v) is 68.9. The van der Waals surface area contributed by atoms with Crippen LogP contribution in [0.3, 0.4) is 0 Å². The molecule has 0 unspecified atom stereocenters. The maximum Gasteiger partial charge on any atom is 0.269 e. The molecule has 0 amide bonds. The van der Waals surface area contributed by atoms with Crippen LogP contribution < -0.4 is 35.9 Å². The summed E-state index contributed by atoms with van der Waals surface area (Å²) in [4.78, 5) is 50.0. The van der Waals surface area contributed by atoms with Gasteiger partial charge >= 0.3 is 0 Å². The van der Waals surface area contributed by atoms with Crippen molar-refractivity contribution in [2.45, 2.75) is 177 Å². The molecule has 6 aliphatic heterocycles. The van der Waals surface area contributed by atoms with Crippen LogP contribution in [-0.4, -0.2) is 139 Å². The Labute approximate surface area is 680 Å². The summed E-state index contributed by atoms with van der Waals surface area (Å²) >= 11 is 5.25. The molecule has 9 heterocycles. The van der Waals surface area contributed by atoms with Crippen molar-refractivity contribution in [3.8, 4) is 53.1 Å². The Balaban J connectivity index is 0.000000149. The molecule has 3 fully saturated rings. The third-order valence-electron chi connectivity index (χ3n) is 21.1. The van der Waals surface area contributed by atoms with Crippen molar-refractivity contribution in [1.82, 2.24) is 44.6 Å². The molecule has 0 aliphatic carbocycles. The number of hydrogen-bond acceptors (Lipinski definition) is 26. The number of nitro benzene ring substituents is 1. The van der Waals surface area contributed by atoms with Crippen molar-refractivity contribution >= 4 is 74.3 Å². The second-order valence-electron chi connectivity index (χ2n) is 30.3. The SMILES string of the molecule is Cc1cc(C#N)cc(C)c1Oc1nc(NC2CCN(Cc3ccc(CS(C)(=O)=O)cc3)CC2)nc2c1SCCC2.Cc1cc(C#N)cc(C)c1Oc1nc(NC2CCN(Cc3ccc(N)cc3)CC2)nc2c1SCCC2.Cc1cc(C#N)cc(C)c1Oc1nc(NC2CCN(Cc3ccc([N+](=O)[O-])cc3)CC2)nc2c1SCCC2. The standard InChI is InChI=1S/C30H35N5O3S2.C28H30N6O3S.C28H32N6OS/c1-20-15-24(17-31)16-21(2)27(20)38-29-28-26(5-4-14-39-28)33-30(34-29)32-25-10-12-35(13-11-25)18-22-6-8-23(9-7-22)19-40(3,36)37;1-18-14-21(16-29)15-19(2)25(18)37-27-26-24(4-3-13-38-26)31-28(32-27)30-22-9-11-33(12-10-22)17-20-5-7-23(8-6-20)34(35)36;1-18-14-21(16-29)15-19(2)25(18)35-27-26-24(4-3-13-36-26)32-28(33-27)31-23-9-11-34(12-10-23)17-20-5-7-22(30)8-6-20/h6-9,15-16,25H,4-5,10-14,18-19H2,1-3H3,(H,32,33,34);5-8,14-15,22H,3-4,9-13,17H2,1-2H3,(H,30,31,32);5-8,14-15,23H,3-4,9-13,17,30H2,1-2H3,(H,31,32,33). The average molecular weight is 1610 g/mol. The summed E-state index contributed by atoms with van der Waals surface area (Å²) in [5, 5.41) is 49.5. The number of likely N-dealkylation sites (tertiary alicyclic amines) is 3. The van der Waals surface area contributed by atoms with E-state index in [-0.39, 0.29) is 28.4 Å². The van der Waals surface area contributed by atoms with E-state index in [0.717, 1.165) is 252 Å². The van der Waals surface area contributed by atoms with Crippen LogP contribution >= 0.6 is 35.3 Å². The molecule has 24 nitrogen and oxygen atoms in total. The molecule has 3 saturated heterocycles. The third kappa shape index (κ3) is 21.9. The minimum absolute atomic E-state index is 0.0766. The Morgan fingerprint density at radius 3 is 1.03 bits per heavy atom. The van der Waals surface area contributed by atoms with Gasteiger partial charge in [0.15, 0.2) is 9.84 Å². The number of benzene rings is 6. The molecular formula is C86H97N17O7S4. The normalized spacial score (nSPS) is 16.1. The number of rotatable bonds is 21. The molecule has 6 aliphatic rings. The van der Waals surface area contributed by atoms with Crippen molar-refractivity contribution in [2.24, 2.45) is 0 Å². The number of anilines is 4. The number of thioether (sulfide) groups is 3. The first-order chi connectivity index (χ1) is 55.0. The van der Waals surface area contributed by atoms with Gasteiger partial charge in [-0.25, -0.2) is 23.4 Å². The van der Waals surface area contributed by atoms with Gasteiger partial charge < -0.3 is 35.9 Å². The third-order valence-corrected chi connectivity index (χ3v) is 25.5. The minimum atomic E-state index is -3.03. The molecule has 114 heavy (non-hydrogen) atoms. The molecule has 28 heteroatoms. The van der Waals surface area contributed by atoms with E-state index in [9.17, 15) is 34.3 Å². The highest BCUT2D eigenvalue weighted by Crippen LogP contribution is 2.44. The van der Waals surface area contributed by atoms with Gasteiger partial charge in [-0.3, -0.25) is 24.8 Å². The van der Waals surface area contributed by atoms with Crippen LogP contribution in [0, 0.1) is 85.7 Å². The van der Waals surface area contributed by atoms with Gasteiger partial charge in [-0.2, -0.15) is 30.7 Å². The lowest BCUT2D eigenvalue weighted by atomic mass is 10.0. The second kappa shape index (κ2) is 37.9. The van der Waals surface area contributed by atoms with Gasteiger partial charge in [-0.1, -0.05) is 48.5 Å². The first-order valence-corrected chi connectivity index (χ1v) is 44.0. The fourth-order valence-corrected chi connectivity index (χ4v) is 19.1. The first kappa shape index (κ1) is 81.9. The van der Waals surface area contributed by atoms with Gasteiger partial charge in [0.05, 0.1) is 77.3 Å². The van der Waals surface area contributed by atoms with E-state index in [0.29, 0.717) is 58.2 Å². The quantitative estimate of drug-likeness (QED) is 0.0295. The summed E-state index contributed by atoms with van der Waals surface area (Å²) in [6.07, 6.45) is 13.2. The van der Waals surface area contributed by atoms with Gasteiger partial charge in [-0.15, -0.1) is 35.3 Å². The number of aryl methyl sites for hydroxylation is 9. The van der Waals surface area contributed by atoms with Crippen molar-refractivity contribution < 1.29 is 27.6 Å². The number of nitrogens with zero attached hydrogens (tertiary/aromatic N) is 13. The number of fused-ring (bicyclic) bond motifs is 3. The number of sulfone groups is 1. The van der Waals surface area contributed by atoms with Crippen molar-refractivity contribution in [1.29, 1.82) is 15.8 Å². The molecular weight excluding hydrogens is 1510 g/mol. The maximum absolute atomic E-state index is 11.5. The van der Waals surface area contributed by atoms with E-state index in [1.165, 1.54) is 17.4 Å². The van der Waals surface area contributed by atoms with Gasteiger partial charge in [-0.05, 0) is 240 Å². The summed E-state index contributed by atoms with van der Waals surface area (Å²) in [6.45, 7) is 20.1. The number of nitrogen functional groups attached to an aromatic ring is 1. The predicted molar refractivity (Wildman–Crippen MR) is 450 cm³/mol. The van der Waals surface area contributed by atoms with E-state index in [1.54, 1.807) is 47.4 Å². The molecule has 5 N–H and O–H groups in total. The van der Waals surface area contributed by atoms with Crippen LogP contribution in [0.5, 0.6) is 34.9 Å². The van der Waals surface area contributed by atoms with E-state index in [2.05, 4.69) is 61.0 Å². The molecule has 592 valence electrons. The summed E-state index contributed by atoms with van der Waals surface area (Å²) < 4.78 is 42.3. The number of nitrogens with two attached hydrogens (primary N) is 1. The monoisotopic (exact) mass is 1610 g/mol. The average Bonchev–Trinajstić information content (AvgIpc) is 0.798. The van der Waals surface area contributed by atoms with Crippen LogP contribution in [-0.2, 0) is 54.5 Å². The summed E-state index contributed by atoms with van der Waals surface area (Å²) in [7, 11) is -3.03. The first-order valence-electron chi connectivity index (χ1n) is 39.0. The molecule has 0 saturated carbocycles. The fraction of sp³-hybridized carbons (Fsp3) is 0.407. The van der Waals surface area contributed by atoms with Crippen LogP contribution in [0.2, 0.25) is 0 Å². The number of aromatic nitrogens is 6. The fourth-order valence-electron chi connectivity index (χ4n) is 15.2. The predicted octanol–water partition coefficient (Wildman–Crippen LogP) is 16.7. The lowest BCUT2D eigenvalue weighted by Gasteiger charge is -2.32. The van der Waals surface area contributed by atoms with Crippen molar-refractivity contribution in [3.05, 3.63) is 209 Å². The highest BCUT2D eigenvalue weighted by Gasteiger charge is 2.30.